The van der Waals surface area contributed by atoms with Crippen molar-refractivity contribution in [3.05, 3.63) is 45.6 Å². The number of benzene rings is 1. The van der Waals surface area contributed by atoms with Crippen molar-refractivity contribution >= 4 is 17.0 Å². The van der Waals surface area contributed by atoms with E-state index in [1.807, 2.05) is 17.4 Å². The zero-order valence-corrected chi connectivity index (χ0v) is 13.7. The number of anilines is 1. The molecule has 3 heteroatoms. The van der Waals surface area contributed by atoms with E-state index in [9.17, 15) is 0 Å². The van der Waals surface area contributed by atoms with Crippen LogP contribution >= 0.6 is 11.3 Å². The highest BCUT2D eigenvalue weighted by atomic mass is 32.1. The van der Waals surface area contributed by atoms with Crippen LogP contribution in [0.1, 0.15) is 36.1 Å². The maximum Gasteiger partial charge on any atom is 0.121 e. The number of ether oxygens (including phenoxy) is 1. The number of aryl methyl sites for hydroxylation is 1. The van der Waals surface area contributed by atoms with Gasteiger partial charge in [0, 0.05) is 22.0 Å². The van der Waals surface area contributed by atoms with Crippen molar-refractivity contribution in [2.45, 2.75) is 39.7 Å². The topological polar surface area (TPSA) is 21.3 Å². The summed E-state index contributed by atoms with van der Waals surface area (Å²) in [5, 5.41) is 3.47. The predicted octanol–water partition coefficient (Wildman–Crippen LogP) is 4.97. The number of thiophene rings is 1. The van der Waals surface area contributed by atoms with Crippen molar-refractivity contribution in [3.8, 4) is 5.75 Å². The Bertz CT molecular complexity index is 581. The highest BCUT2D eigenvalue weighted by Crippen LogP contribution is 2.30. The van der Waals surface area contributed by atoms with Crippen LogP contribution in [-0.2, 0) is 12.0 Å². The van der Waals surface area contributed by atoms with E-state index in [0.717, 1.165) is 23.5 Å². The molecule has 20 heavy (non-hydrogen) atoms. The van der Waals surface area contributed by atoms with Gasteiger partial charge in [-0.2, -0.15) is 0 Å². The van der Waals surface area contributed by atoms with Gasteiger partial charge in [-0.05, 0) is 48.2 Å². The number of rotatable bonds is 4. The van der Waals surface area contributed by atoms with Crippen LogP contribution in [0.5, 0.6) is 5.75 Å². The summed E-state index contributed by atoms with van der Waals surface area (Å²) in [6.07, 6.45) is 0. The van der Waals surface area contributed by atoms with Crippen molar-refractivity contribution in [1.82, 2.24) is 0 Å². The van der Waals surface area contributed by atoms with Gasteiger partial charge in [0.1, 0.15) is 5.75 Å². The fourth-order valence-electron chi connectivity index (χ4n) is 2.05. The van der Waals surface area contributed by atoms with Gasteiger partial charge in [0.2, 0.25) is 0 Å². The summed E-state index contributed by atoms with van der Waals surface area (Å²) >= 11 is 1.88. The molecule has 2 aromatic rings. The Labute approximate surface area is 125 Å². The summed E-state index contributed by atoms with van der Waals surface area (Å²) in [5.74, 6) is 0.932. The number of methoxy groups -OCH3 is 1. The highest BCUT2D eigenvalue weighted by molar-refractivity contribution is 7.12. The van der Waals surface area contributed by atoms with Gasteiger partial charge in [-0.1, -0.05) is 20.8 Å². The largest absolute Gasteiger partial charge is 0.496 e. The average molecular weight is 289 g/mol. The molecule has 0 saturated heterocycles. The molecule has 108 valence electrons. The molecule has 0 bridgehead atoms. The van der Waals surface area contributed by atoms with Crippen LogP contribution in [-0.4, -0.2) is 7.11 Å². The Kier molecular flexibility index (Phi) is 4.39. The van der Waals surface area contributed by atoms with Crippen molar-refractivity contribution in [2.24, 2.45) is 0 Å². The molecular weight excluding hydrogens is 266 g/mol. The Morgan fingerprint density at radius 1 is 1.15 bits per heavy atom. The second kappa shape index (κ2) is 5.88. The third-order valence-electron chi connectivity index (χ3n) is 3.26. The second-order valence-electron chi connectivity index (χ2n) is 6.05. The molecule has 0 amide bonds. The van der Waals surface area contributed by atoms with Gasteiger partial charge in [0.05, 0.1) is 7.11 Å². The fourth-order valence-corrected chi connectivity index (χ4v) is 3.06. The first-order valence-electron chi connectivity index (χ1n) is 6.88. The molecule has 1 aromatic heterocycles. The third kappa shape index (κ3) is 3.54. The van der Waals surface area contributed by atoms with Gasteiger partial charge in [-0.25, -0.2) is 0 Å². The van der Waals surface area contributed by atoms with Crippen LogP contribution in [0.4, 0.5) is 5.69 Å². The summed E-state index contributed by atoms with van der Waals surface area (Å²) in [4.78, 5) is 2.80. The fraction of sp³-hybridized carbons (Fsp3) is 0.412. The smallest absolute Gasteiger partial charge is 0.121 e. The normalized spacial score (nSPS) is 11.4. The molecule has 0 atom stereocenters. The molecule has 1 heterocycles. The quantitative estimate of drug-likeness (QED) is 0.857. The van der Waals surface area contributed by atoms with Crippen LogP contribution in [0.2, 0.25) is 0 Å². The van der Waals surface area contributed by atoms with Gasteiger partial charge in [0.25, 0.3) is 0 Å². The van der Waals surface area contributed by atoms with E-state index in [1.54, 1.807) is 7.11 Å². The molecule has 0 spiro atoms. The van der Waals surface area contributed by atoms with Gasteiger partial charge in [-0.3, -0.25) is 0 Å². The van der Waals surface area contributed by atoms with Crippen molar-refractivity contribution in [1.29, 1.82) is 0 Å². The van der Waals surface area contributed by atoms with Crippen LogP contribution in [0, 0.1) is 6.92 Å². The first kappa shape index (κ1) is 14.9. The average Bonchev–Trinajstić information content (AvgIpc) is 2.85. The van der Waals surface area contributed by atoms with E-state index in [0.29, 0.717) is 0 Å². The molecule has 0 unspecified atom stereocenters. The van der Waals surface area contributed by atoms with Crippen molar-refractivity contribution in [3.63, 3.8) is 0 Å². The SMILES string of the molecule is COc1ccc(NCc2ccc(C(C)(C)C)s2)cc1C. The zero-order valence-electron chi connectivity index (χ0n) is 12.9. The predicted molar refractivity (Wildman–Crippen MR) is 88.1 cm³/mol. The maximum absolute atomic E-state index is 5.28. The summed E-state index contributed by atoms with van der Waals surface area (Å²) in [6.45, 7) is 9.69. The molecule has 0 aliphatic rings. The van der Waals surface area contributed by atoms with Gasteiger partial charge >= 0.3 is 0 Å². The zero-order chi connectivity index (χ0) is 14.8. The molecule has 1 aromatic carbocycles. The first-order chi connectivity index (χ1) is 9.40. The highest BCUT2D eigenvalue weighted by Gasteiger charge is 2.15. The Balaban J connectivity index is 2.02. The van der Waals surface area contributed by atoms with E-state index in [-0.39, 0.29) is 5.41 Å². The van der Waals surface area contributed by atoms with Crippen LogP contribution < -0.4 is 10.1 Å². The van der Waals surface area contributed by atoms with Gasteiger partial charge < -0.3 is 10.1 Å². The Morgan fingerprint density at radius 2 is 1.90 bits per heavy atom. The minimum atomic E-state index is 0.236. The molecular formula is C17H23NOS. The molecule has 1 N–H and O–H groups in total. The Morgan fingerprint density at radius 3 is 2.45 bits per heavy atom. The molecule has 2 rings (SSSR count). The lowest BCUT2D eigenvalue weighted by Crippen LogP contribution is -2.07. The van der Waals surface area contributed by atoms with Crippen LogP contribution in [0.25, 0.3) is 0 Å². The summed E-state index contributed by atoms with van der Waals surface area (Å²) in [7, 11) is 1.70. The van der Waals surface area contributed by atoms with Gasteiger partial charge in [-0.15, -0.1) is 11.3 Å². The lowest BCUT2D eigenvalue weighted by molar-refractivity contribution is 0.412. The van der Waals surface area contributed by atoms with E-state index in [4.69, 9.17) is 4.74 Å². The Hall–Kier alpha value is -1.48. The lowest BCUT2D eigenvalue weighted by atomic mass is 9.95. The minimum absolute atomic E-state index is 0.236. The lowest BCUT2D eigenvalue weighted by Gasteiger charge is -2.15. The van der Waals surface area contributed by atoms with Crippen molar-refractivity contribution in [2.75, 3.05) is 12.4 Å². The maximum atomic E-state index is 5.28. The number of hydrogen-bond acceptors (Lipinski definition) is 3. The summed E-state index contributed by atoms with van der Waals surface area (Å²) in [6, 6.07) is 10.6. The van der Waals surface area contributed by atoms with Crippen molar-refractivity contribution < 1.29 is 4.74 Å². The van der Waals surface area contributed by atoms with E-state index in [2.05, 4.69) is 57.3 Å². The molecule has 0 fully saturated rings. The molecule has 0 aliphatic heterocycles. The first-order valence-corrected chi connectivity index (χ1v) is 7.69. The monoisotopic (exact) mass is 289 g/mol. The molecule has 2 nitrogen and oxygen atoms in total. The number of nitrogens with one attached hydrogen (secondary N) is 1. The van der Waals surface area contributed by atoms with Crippen LogP contribution in [0.3, 0.4) is 0 Å². The minimum Gasteiger partial charge on any atom is -0.496 e. The third-order valence-corrected chi connectivity index (χ3v) is 4.77. The number of hydrogen-bond donors (Lipinski definition) is 1. The summed E-state index contributed by atoms with van der Waals surface area (Å²) in [5.41, 5.74) is 2.52. The van der Waals surface area contributed by atoms with Crippen LogP contribution in [0.15, 0.2) is 30.3 Å². The molecule has 0 aliphatic carbocycles. The standard InChI is InChI=1S/C17H23NOS/c1-12-10-13(6-8-15(12)19-5)18-11-14-7-9-16(20-14)17(2,3)4/h6-10,18H,11H2,1-5H3. The second-order valence-corrected chi connectivity index (χ2v) is 7.22. The van der Waals surface area contributed by atoms with E-state index < -0.39 is 0 Å². The summed E-state index contributed by atoms with van der Waals surface area (Å²) < 4.78 is 5.28. The molecule has 0 saturated carbocycles. The van der Waals surface area contributed by atoms with Gasteiger partial charge in [0.15, 0.2) is 0 Å². The van der Waals surface area contributed by atoms with E-state index in [1.165, 1.54) is 9.75 Å². The molecule has 0 radical (unpaired) electrons. The van der Waals surface area contributed by atoms with E-state index >= 15 is 0 Å².